The highest BCUT2D eigenvalue weighted by atomic mass is 16.7. The Hall–Kier alpha value is -1.26. The first-order valence-corrected chi connectivity index (χ1v) is 8.15. The van der Waals surface area contributed by atoms with Gasteiger partial charge in [0, 0.05) is 18.6 Å². The maximum Gasteiger partial charge on any atom is 0.231 e. The molecule has 0 aromatic heterocycles. The van der Waals surface area contributed by atoms with E-state index >= 15 is 0 Å². The Kier molecular flexibility index (Phi) is 4.66. The van der Waals surface area contributed by atoms with Crippen molar-refractivity contribution in [1.82, 2.24) is 10.2 Å². The molecule has 2 aliphatic heterocycles. The van der Waals surface area contributed by atoms with Crippen molar-refractivity contribution in [3.05, 3.63) is 23.8 Å². The van der Waals surface area contributed by atoms with E-state index in [1.165, 1.54) is 31.4 Å². The average molecular weight is 290 g/mol. The summed E-state index contributed by atoms with van der Waals surface area (Å²) in [5.41, 5.74) is 1.31. The van der Waals surface area contributed by atoms with Crippen LogP contribution < -0.4 is 14.8 Å². The fraction of sp³-hybridized carbons (Fsp3) is 0.647. The van der Waals surface area contributed by atoms with Gasteiger partial charge in [-0.3, -0.25) is 4.90 Å². The third-order valence-electron chi connectivity index (χ3n) is 4.55. The summed E-state index contributed by atoms with van der Waals surface area (Å²) in [6, 6.07) is 7.39. The van der Waals surface area contributed by atoms with Gasteiger partial charge in [-0.25, -0.2) is 0 Å². The molecule has 21 heavy (non-hydrogen) atoms. The van der Waals surface area contributed by atoms with E-state index < -0.39 is 0 Å². The summed E-state index contributed by atoms with van der Waals surface area (Å²) in [6.45, 7) is 8.32. The molecule has 2 unspecified atom stereocenters. The number of hydrogen-bond acceptors (Lipinski definition) is 4. The predicted octanol–water partition coefficient (Wildman–Crippen LogP) is 2.94. The van der Waals surface area contributed by atoms with Gasteiger partial charge in [-0.2, -0.15) is 0 Å². The maximum atomic E-state index is 5.51. The van der Waals surface area contributed by atoms with Gasteiger partial charge in [0.1, 0.15) is 0 Å². The van der Waals surface area contributed by atoms with Crippen LogP contribution >= 0.6 is 0 Å². The Balaban J connectivity index is 1.71. The highest BCUT2D eigenvalue weighted by Crippen LogP contribution is 2.35. The Morgan fingerprint density at radius 2 is 2.19 bits per heavy atom. The van der Waals surface area contributed by atoms with Gasteiger partial charge in [0.05, 0.1) is 0 Å². The van der Waals surface area contributed by atoms with Gasteiger partial charge in [-0.15, -0.1) is 0 Å². The van der Waals surface area contributed by atoms with Crippen LogP contribution in [0, 0.1) is 0 Å². The van der Waals surface area contributed by atoms with Gasteiger partial charge in [0.2, 0.25) is 6.79 Å². The number of nitrogens with zero attached hydrogens (tertiary/aromatic N) is 1. The van der Waals surface area contributed by atoms with E-state index in [4.69, 9.17) is 9.47 Å². The highest BCUT2D eigenvalue weighted by Gasteiger charge is 2.23. The molecule has 1 aromatic rings. The lowest BCUT2D eigenvalue weighted by Gasteiger charge is -2.31. The summed E-state index contributed by atoms with van der Waals surface area (Å²) in [7, 11) is 0. The van der Waals surface area contributed by atoms with Crippen LogP contribution in [-0.2, 0) is 0 Å². The molecule has 1 saturated heterocycles. The van der Waals surface area contributed by atoms with Gasteiger partial charge < -0.3 is 14.8 Å². The second-order valence-electron chi connectivity index (χ2n) is 6.08. The molecule has 0 saturated carbocycles. The lowest BCUT2D eigenvalue weighted by molar-refractivity contribution is 0.173. The fourth-order valence-corrected chi connectivity index (χ4v) is 3.31. The molecule has 0 aliphatic carbocycles. The van der Waals surface area contributed by atoms with Crippen molar-refractivity contribution in [2.75, 3.05) is 26.4 Å². The number of ether oxygens (including phenoxy) is 2. The van der Waals surface area contributed by atoms with Crippen molar-refractivity contribution in [2.24, 2.45) is 0 Å². The number of rotatable bonds is 6. The van der Waals surface area contributed by atoms with Crippen LogP contribution in [-0.4, -0.2) is 37.4 Å². The van der Waals surface area contributed by atoms with Gasteiger partial charge >= 0.3 is 0 Å². The van der Waals surface area contributed by atoms with E-state index in [-0.39, 0.29) is 0 Å². The second kappa shape index (κ2) is 6.67. The van der Waals surface area contributed by atoms with E-state index in [0.717, 1.165) is 24.6 Å². The predicted molar refractivity (Wildman–Crippen MR) is 83.9 cm³/mol. The number of fused-ring (bicyclic) bond motifs is 1. The molecule has 2 aliphatic rings. The molecule has 1 N–H and O–H groups in total. The lowest BCUT2D eigenvalue weighted by Crippen LogP contribution is -2.39. The van der Waals surface area contributed by atoms with Crippen molar-refractivity contribution in [2.45, 2.75) is 45.2 Å². The summed E-state index contributed by atoms with van der Waals surface area (Å²) in [5, 5.41) is 3.61. The summed E-state index contributed by atoms with van der Waals surface area (Å²) in [6.07, 6.45) is 3.79. The minimum absolute atomic E-state index is 0.345. The van der Waals surface area contributed by atoms with Crippen LogP contribution in [0.4, 0.5) is 0 Å². The topological polar surface area (TPSA) is 33.7 Å². The Bertz CT molecular complexity index is 472. The lowest BCUT2D eigenvalue weighted by atomic mass is 10.0. The zero-order valence-corrected chi connectivity index (χ0v) is 13.1. The van der Waals surface area contributed by atoms with Crippen molar-refractivity contribution in [1.29, 1.82) is 0 Å². The molecule has 1 aromatic carbocycles. The van der Waals surface area contributed by atoms with Crippen molar-refractivity contribution >= 4 is 0 Å². The molecule has 3 rings (SSSR count). The van der Waals surface area contributed by atoms with Crippen LogP contribution in [0.15, 0.2) is 18.2 Å². The molecule has 0 spiro atoms. The van der Waals surface area contributed by atoms with Crippen molar-refractivity contribution < 1.29 is 9.47 Å². The zero-order valence-electron chi connectivity index (χ0n) is 13.1. The van der Waals surface area contributed by atoms with Crippen LogP contribution in [0.2, 0.25) is 0 Å². The normalized spacial score (nSPS) is 22.0. The fourth-order valence-electron chi connectivity index (χ4n) is 3.31. The van der Waals surface area contributed by atoms with Gasteiger partial charge in [0.15, 0.2) is 11.5 Å². The minimum Gasteiger partial charge on any atom is -0.454 e. The molecule has 116 valence electrons. The number of nitrogens with one attached hydrogen (secondary N) is 1. The van der Waals surface area contributed by atoms with Gasteiger partial charge in [-0.05, 0) is 57.0 Å². The maximum absolute atomic E-state index is 5.51. The molecule has 2 heterocycles. The zero-order chi connectivity index (χ0) is 14.7. The molecule has 0 bridgehead atoms. The highest BCUT2D eigenvalue weighted by molar-refractivity contribution is 5.45. The van der Waals surface area contributed by atoms with Crippen LogP contribution in [0.5, 0.6) is 11.5 Å². The number of hydrogen-bond donors (Lipinski definition) is 1. The first-order valence-electron chi connectivity index (χ1n) is 8.15. The van der Waals surface area contributed by atoms with Gasteiger partial charge in [-0.1, -0.05) is 13.0 Å². The minimum atomic E-state index is 0.345. The van der Waals surface area contributed by atoms with Gasteiger partial charge in [0.25, 0.3) is 0 Å². The Morgan fingerprint density at radius 3 is 2.95 bits per heavy atom. The van der Waals surface area contributed by atoms with Crippen LogP contribution in [0.25, 0.3) is 0 Å². The SMILES string of the molecule is CCCN(CC1CCCN1)C(C)c1ccc2c(c1)OCO2. The number of benzene rings is 1. The molecular formula is C17H26N2O2. The summed E-state index contributed by atoms with van der Waals surface area (Å²) < 4.78 is 10.9. The molecule has 2 atom stereocenters. The third-order valence-corrected chi connectivity index (χ3v) is 4.55. The van der Waals surface area contributed by atoms with E-state index in [1.807, 2.05) is 6.07 Å². The Morgan fingerprint density at radius 1 is 1.33 bits per heavy atom. The largest absolute Gasteiger partial charge is 0.454 e. The van der Waals surface area contributed by atoms with Crippen molar-refractivity contribution in [3.63, 3.8) is 0 Å². The molecule has 0 radical (unpaired) electrons. The Labute approximate surface area is 127 Å². The summed E-state index contributed by atoms with van der Waals surface area (Å²) in [5.74, 6) is 1.75. The van der Waals surface area contributed by atoms with E-state index in [0.29, 0.717) is 18.9 Å². The standard InChI is InChI=1S/C17H26N2O2/c1-3-9-19(11-15-5-4-8-18-15)13(2)14-6-7-16-17(10-14)21-12-20-16/h6-7,10,13,15,18H,3-5,8-9,11-12H2,1-2H3. The van der Waals surface area contributed by atoms with Crippen LogP contribution in [0.3, 0.4) is 0 Å². The molecule has 0 amide bonds. The smallest absolute Gasteiger partial charge is 0.231 e. The van der Waals surface area contributed by atoms with E-state index in [9.17, 15) is 0 Å². The molecule has 4 nitrogen and oxygen atoms in total. The third kappa shape index (κ3) is 3.33. The quantitative estimate of drug-likeness (QED) is 0.873. The van der Waals surface area contributed by atoms with E-state index in [1.54, 1.807) is 0 Å². The monoisotopic (exact) mass is 290 g/mol. The van der Waals surface area contributed by atoms with Crippen molar-refractivity contribution in [3.8, 4) is 11.5 Å². The summed E-state index contributed by atoms with van der Waals surface area (Å²) in [4.78, 5) is 2.58. The second-order valence-corrected chi connectivity index (χ2v) is 6.08. The molecular weight excluding hydrogens is 264 g/mol. The average Bonchev–Trinajstić information content (AvgIpc) is 3.16. The first kappa shape index (κ1) is 14.7. The van der Waals surface area contributed by atoms with E-state index in [2.05, 4.69) is 36.2 Å². The van der Waals surface area contributed by atoms with Crippen LogP contribution in [0.1, 0.15) is 44.7 Å². The summed E-state index contributed by atoms with van der Waals surface area (Å²) >= 11 is 0. The molecule has 1 fully saturated rings. The molecule has 4 heteroatoms. The first-order chi connectivity index (χ1) is 10.3.